The SMILES string of the molecule is CS(=O)(=O)NC1CC1N. The van der Waals surface area contributed by atoms with Crippen molar-refractivity contribution in [3.8, 4) is 0 Å². The molecule has 0 heterocycles. The summed E-state index contributed by atoms with van der Waals surface area (Å²) in [5.41, 5.74) is 5.35. The van der Waals surface area contributed by atoms with Crippen LogP contribution in [0.4, 0.5) is 0 Å². The Labute approximate surface area is 54.5 Å². The molecule has 1 fully saturated rings. The number of nitrogens with two attached hydrogens (primary N) is 1. The lowest BCUT2D eigenvalue weighted by molar-refractivity contribution is 0.586. The average Bonchev–Trinajstić information content (AvgIpc) is 2.13. The molecule has 0 aliphatic heterocycles. The Morgan fingerprint density at radius 3 is 2.22 bits per heavy atom. The Kier molecular flexibility index (Phi) is 1.50. The van der Waals surface area contributed by atoms with E-state index in [-0.39, 0.29) is 12.1 Å². The third-order valence-electron chi connectivity index (χ3n) is 1.21. The minimum Gasteiger partial charge on any atom is -0.326 e. The molecule has 5 heteroatoms. The van der Waals surface area contributed by atoms with Gasteiger partial charge in [0.25, 0.3) is 0 Å². The highest BCUT2D eigenvalue weighted by atomic mass is 32.2. The Morgan fingerprint density at radius 1 is 1.67 bits per heavy atom. The van der Waals surface area contributed by atoms with Crippen LogP contribution in [0.1, 0.15) is 6.42 Å². The molecule has 54 valence electrons. The maximum atomic E-state index is 10.5. The Bertz CT molecular complexity index is 199. The van der Waals surface area contributed by atoms with Gasteiger partial charge in [-0.2, -0.15) is 0 Å². The Balaban J connectivity index is 2.37. The van der Waals surface area contributed by atoms with Crippen LogP contribution in [0.2, 0.25) is 0 Å². The van der Waals surface area contributed by atoms with Crippen molar-refractivity contribution in [1.82, 2.24) is 4.72 Å². The number of hydrogen-bond donors (Lipinski definition) is 2. The van der Waals surface area contributed by atoms with Crippen LogP contribution in [0, 0.1) is 0 Å². The molecule has 0 aromatic carbocycles. The average molecular weight is 150 g/mol. The van der Waals surface area contributed by atoms with Gasteiger partial charge in [0, 0.05) is 12.1 Å². The minimum atomic E-state index is -3.02. The molecular formula is C4H10N2O2S. The first-order valence-electron chi connectivity index (χ1n) is 2.72. The van der Waals surface area contributed by atoms with E-state index in [9.17, 15) is 8.42 Å². The molecule has 0 saturated heterocycles. The van der Waals surface area contributed by atoms with E-state index in [2.05, 4.69) is 4.72 Å². The van der Waals surface area contributed by atoms with Crippen molar-refractivity contribution in [2.75, 3.05) is 6.26 Å². The summed E-state index contributed by atoms with van der Waals surface area (Å²) < 4.78 is 23.3. The van der Waals surface area contributed by atoms with E-state index in [0.717, 1.165) is 12.7 Å². The molecule has 1 aliphatic rings. The topological polar surface area (TPSA) is 72.2 Å². The van der Waals surface area contributed by atoms with E-state index in [4.69, 9.17) is 5.73 Å². The fourth-order valence-corrected chi connectivity index (χ4v) is 1.45. The van der Waals surface area contributed by atoms with Gasteiger partial charge in [-0.15, -0.1) is 0 Å². The van der Waals surface area contributed by atoms with Crippen LogP contribution in [0.15, 0.2) is 0 Å². The van der Waals surface area contributed by atoms with Gasteiger partial charge < -0.3 is 5.73 Å². The third kappa shape index (κ3) is 2.30. The molecule has 1 saturated carbocycles. The molecule has 1 rings (SSSR count). The first-order valence-corrected chi connectivity index (χ1v) is 4.61. The molecule has 2 atom stereocenters. The molecule has 0 bridgehead atoms. The molecule has 1 aliphatic carbocycles. The van der Waals surface area contributed by atoms with E-state index in [1.165, 1.54) is 0 Å². The fraction of sp³-hybridized carbons (Fsp3) is 1.00. The standard InChI is InChI=1S/C4H10N2O2S/c1-9(7,8)6-4-2-3(4)5/h3-4,6H,2,5H2,1H3. The van der Waals surface area contributed by atoms with Gasteiger partial charge in [-0.3, -0.25) is 0 Å². The maximum Gasteiger partial charge on any atom is 0.209 e. The van der Waals surface area contributed by atoms with E-state index < -0.39 is 10.0 Å². The molecule has 9 heavy (non-hydrogen) atoms. The number of rotatable bonds is 2. The van der Waals surface area contributed by atoms with Gasteiger partial charge in [0.2, 0.25) is 10.0 Å². The first-order chi connectivity index (χ1) is 3.99. The first kappa shape index (κ1) is 6.98. The zero-order valence-corrected chi connectivity index (χ0v) is 5.98. The summed E-state index contributed by atoms with van der Waals surface area (Å²) in [7, 11) is -3.02. The summed E-state index contributed by atoms with van der Waals surface area (Å²) in [6.07, 6.45) is 1.91. The van der Waals surface area contributed by atoms with Crippen LogP contribution in [0.3, 0.4) is 0 Å². The highest BCUT2D eigenvalue weighted by molar-refractivity contribution is 7.88. The van der Waals surface area contributed by atoms with Gasteiger partial charge in [-0.25, -0.2) is 13.1 Å². The molecular weight excluding hydrogens is 140 g/mol. The second kappa shape index (κ2) is 1.93. The van der Waals surface area contributed by atoms with Gasteiger partial charge in [0.1, 0.15) is 0 Å². The fourth-order valence-electron chi connectivity index (χ4n) is 0.625. The largest absolute Gasteiger partial charge is 0.326 e. The van der Waals surface area contributed by atoms with E-state index in [1.54, 1.807) is 0 Å². The molecule has 0 radical (unpaired) electrons. The van der Waals surface area contributed by atoms with Crippen LogP contribution >= 0.6 is 0 Å². The molecule has 4 nitrogen and oxygen atoms in total. The van der Waals surface area contributed by atoms with Gasteiger partial charge in [0.05, 0.1) is 6.26 Å². The van der Waals surface area contributed by atoms with Gasteiger partial charge >= 0.3 is 0 Å². The lowest BCUT2D eigenvalue weighted by Crippen LogP contribution is -2.28. The summed E-state index contributed by atoms with van der Waals surface area (Å²) in [6.45, 7) is 0. The van der Waals surface area contributed by atoms with E-state index in [0.29, 0.717) is 0 Å². The highest BCUT2D eigenvalue weighted by Gasteiger charge is 2.35. The normalized spacial score (nSPS) is 34.4. The maximum absolute atomic E-state index is 10.5. The Morgan fingerprint density at radius 2 is 2.11 bits per heavy atom. The zero-order valence-electron chi connectivity index (χ0n) is 5.16. The number of hydrogen-bond acceptors (Lipinski definition) is 3. The van der Waals surface area contributed by atoms with Crippen molar-refractivity contribution in [2.45, 2.75) is 18.5 Å². The molecule has 0 amide bonds. The summed E-state index contributed by atoms with van der Waals surface area (Å²) in [6, 6.07) is 0.0414. The lowest BCUT2D eigenvalue weighted by Gasteiger charge is -1.96. The van der Waals surface area contributed by atoms with E-state index in [1.807, 2.05) is 0 Å². The molecule has 2 unspecified atom stereocenters. The van der Waals surface area contributed by atoms with Crippen LogP contribution in [0.25, 0.3) is 0 Å². The summed E-state index contributed by atoms with van der Waals surface area (Å²) >= 11 is 0. The van der Waals surface area contributed by atoms with Crippen LogP contribution in [0.5, 0.6) is 0 Å². The summed E-state index contributed by atoms with van der Waals surface area (Å²) in [5, 5.41) is 0. The van der Waals surface area contributed by atoms with Crippen LogP contribution in [-0.2, 0) is 10.0 Å². The number of sulfonamides is 1. The van der Waals surface area contributed by atoms with Crippen molar-refractivity contribution in [3.63, 3.8) is 0 Å². The number of nitrogens with one attached hydrogen (secondary N) is 1. The highest BCUT2D eigenvalue weighted by Crippen LogP contribution is 2.18. The van der Waals surface area contributed by atoms with Crippen molar-refractivity contribution in [3.05, 3.63) is 0 Å². The Hall–Kier alpha value is -0.130. The van der Waals surface area contributed by atoms with Gasteiger partial charge in [-0.05, 0) is 6.42 Å². The van der Waals surface area contributed by atoms with Gasteiger partial charge in [-0.1, -0.05) is 0 Å². The second-order valence-corrected chi connectivity index (χ2v) is 4.18. The zero-order chi connectivity index (χ0) is 7.07. The molecule has 0 aromatic heterocycles. The van der Waals surface area contributed by atoms with E-state index >= 15 is 0 Å². The second-order valence-electron chi connectivity index (χ2n) is 2.40. The van der Waals surface area contributed by atoms with Gasteiger partial charge in [0.15, 0.2) is 0 Å². The van der Waals surface area contributed by atoms with Crippen LogP contribution < -0.4 is 10.5 Å². The van der Waals surface area contributed by atoms with Crippen molar-refractivity contribution >= 4 is 10.0 Å². The van der Waals surface area contributed by atoms with Crippen molar-refractivity contribution in [1.29, 1.82) is 0 Å². The predicted molar refractivity (Wildman–Crippen MR) is 34.4 cm³/mol. The van der Waals surface area contributed by atoms with Crippen molar-refractivity contribution in [2.24, 2.45) is 5.73 Å². The van der Waals surface area contributed by atoms with Crippen molar-refractivity contribution < 1.29 is 8.42 Å². The predicted octanol–water partition coefficient (Wildman–Crippen LogP) is -1.36. The molecule has 3 N–H and O–H groups in total. The minimum absolute atomic E-state index is 0.000000000000000222. The summed E-state index contributed by atoms with van der Waals surface area (Å²) in [4.78, 5) is 0. The van der Waals surface area contributed by atoms with Crippen LogP contribution in [-0.4, -0.2) is 26.8 Å². The lowest BCUT2D eigenvalue weighted by atomic mass is 10.7. The smallest absolute Gasteiger partial charge is 0.209 e. The third-order valence-corrected chi connectivity index (χ3v) is 1.94. The quantitative estimate of drug-likeness (QED) is 0.510. The monoisotopic (exact) mass is 150 g/mol. The molecule has 0 spiro atoms. The molecule has 0 aromatic rings. The summed E-state index contributed by atoms with van der Waals surface area (Å²) in [5.74, 6) is 0.